The van der Waals surface area contributed by atoms with Crippen molar-refractivity contribution >= 4 is 33.2 Å². The molecule has 2 aliphatic rings. The van der Waals surface area contributed by atoms with Gasteiger partial charge >= 0.3 is 0 Å². The lowest BCUT2D eigenvalue weighted by Gasteiger charge is -2.31. The van der Waals surface area contributed by atoms with E-state index in [1.54, 1.807) is 16.4 Å². The van der Waals surface area contributed by atoms with Crippen molar-refractivity contribution in [1.29, 1.82) is 0 Å². The fourth-order valence-corrected chi connectivity index (χ4v) is 10.5. The molecule has 0 N–H and O–H groups in total. The first kappa shape index (κ1) is 18.1. The Morgan fingerprint density at radius 3 is 2.39 bits per heavy atom. The van der Waals surface area contributed by atoms with Crippen LogP contribution in [0.5, 0.6) is 0 Å². The van der Waals surface area contributed by atoms with Gasteiger partial charge in [0.1, 0.15) is 7.14 Å². The van der Waals surface area contributed by atoms with Crippen LogP contribution >= 0.6 is 7.14 Å². The van der Waals surface area contributed by atoms with Gasteiger partial charge in [-0.15, -0.1) is 0 Å². The molecule has 2 bridgehead atoms. The highest BCUT2D eigenvalue weighted by Gasteiger charge is 2.56. The number of nitrogens with zero attached hydrogens (tertiary/aromatic N) is 1. The zero-order chi connectivity index (χ0) is 19.5. The van der Waals surface area contributed by atoms with Gasteiger partial charge < -0.3 is 4.57 Å². The largest absolute Gasteiger partial charge is 0.318 e. The number of sulfonamides is 1. The van der Waals surface area contributed by atoms with Crippen molar-refractivity contribution in [1.82, 2.24) is 4.31 Å². The predicted octanol–water partition coefficient (Wildman–Crippen LogP) is 3.98. The third-order valence-corrected chi connectivity index (χ3v) is 11.9. The van der Waals surface area contributed by atoms with Gasteiger partial charge in [-0.3, -0.25) is 0 Å². The molecule has 5 rings (SSSR count). The summed E-state index contributed by atoms with van der Waals surface area (Å²) >= 11 is 0. The van der Waals surface area contributed by atoms with E-state index in [0.717, 1.165) is 21.6 Å². The fraction of sp³-hybridized carbons (Fsp3) is 0.273. The van der Waals surface area contributed by atoms with E-state index < -0.39 is 17.2 Å². The summed E-state index contributed by atoms with van der Waals surface area (Å²) in [6, 6.07) is 20.8. The highest BCUT2D eigenvalue weighted by molar-refractivity contribution is 7.89. The Balaban J connectivity index is 1.50. The summed E-state index contributed by atoms with van der Waals surface area (Å²) in [5.74, 6) is 0. The van der Waals surface area contributed by atoms with Crippen molar-refractivity contribution in [2.45, 2.75) is 29.9 Å². The molecular formula is C22H22NO3PS. The zero-order valence-electron chi connectivity index (χ0n) is 15.7. The minimum atomic E-state index is -3.55. The number of hydrogen-bond donors (Lipinski definition) is 0. The van der Waals surface area contributed by atoms with Gasteiger partial charge in [-0.05, 0) is 36.2 Å². The summed E-state index contributed by atoms with van der Waals surface area (Å²) in [7, 11) is -6.19. The third-order valence-electron chi connectivity index (χ3n) is 6.22. The van der Waals surface area contributed by atoms with Crippen molar-refractivity contribution in [2.75, 3.05) is 12.7 Å². The number of rotatable bonds is 3. The molecule has 3 aromatic carbocycles. The summed E-state index contributed by atoms with van der Waals surface area (Å²) in [4.78, 5) is 0.325. The van der Waals surface area contributed by atoms with Crippen LogP contribution in [0.3, 0.4) is 0 Å². The molecule has 144 valence electrons. The first-order valence-electron chi connectivity index (χ1n) is 9.55. The van der Waals surface area contributed by atoms with Gasteiger partial charge in [0, 0.05) is 29.7 Å². The number of aryl methyl sites for hydroxylation is 1. The first-order valence-corrected chi connectivity index (χ1v) is 13.0. The molecule has 0 unspecified atom stereocenters. The summed E-state index contributed by atoms with van der Waals surface area (Å²) in [6.45, 7) is 2.29. The Hall–Kier alpha value is -1.94. The fourth-order valence-electron chi connectivity index (χ4n) is 4.77. The smallest absolute Gasteiger partial charge is 0.243 e. The van der Waals surface area contributed by atoms with E-state index in [9.17, 15) is 13.0 Å². The van der Waals surface area contributed by atoms with Gasteiger partial charge in [0.25, 0.3) is 0 Å². The summed E-state index contributed by atoms with van der Waals surface area (Å²) in [6.07, 6.45) is 1.13. The van der Waals surface area contributed by atoms with Gasteiger partial charge in [0.2, 0.25) is 10.0 Å². The molecule has 2 heterocycles. The normalized spacial score (nSPS) is 27.5. The molecule has 3 atom stereocenters. The Labute approximate surface area is 165 Å². The molecule has 2 aliphatic heterocycles. The Morgan fingerprint density at radius 2 is 1.68 bits per heavy atom. The molecule has 3 aromatic rings. The van der Waals surface area contributed by atoms with E-state index >= 15 is 0 Å². The van der Waals surface area contributed by atoms with E-state index in [1.807, 2.05) is 61.5 Å². The van der Waals surface area contributed by atoms with Crippen molar-refractivity contribution in [3.8, 4) is 0 Å². The van der Waals surface area contributed by atoms with Crippen molar-refractivity contribution in [2.24, 2.45) is 0 Å². The minimum Gasteiger partial charge on any atom is -0.318 e. The summed E-state index contributed by atoms with van der Waals surface area (Å²) in [5, 5.41) is 3.04. The van der Waals surface area contributed by atoms with Crippen LogP contribution in [-0.4, -0.2) is 37.1 Å². The molecule has 28 heavy (non-hydrogen) atoms. The zero-order valence-corrected chi connectivity index (χ0v) is 17.4. The average molecular weight is 411 g/mol. The molecule has 0 saturated carbocycles. The van der Waals surface area contributed by atoms with Gasteiger partial charge in [0.15, 0.2) is 0 Å². The monoisotopic (exact) mass is 411 g/mol. The van der Waals surface area contributed by atoms with Crippen LogP contribution in [0.4, 0.5) is 0 Å². The molecule has 2 saturated heterocycles. The molecule has 2 fully saturated rings. The van der Waals surface area contributed by atoms with Crippen LogP contribution in [0, 0.1) is 6.92 Å². The Morgan fingerprint density at radius 1 is 0.964 bits per heavy atom. The van der Waals surface area contributed by atoms with Crippen LogP contribution in [0.15, 0.2) is 71.6 Å². The predicted molar refractivity (Wildman–Crippen MR) is 113 cm³/mol. The maximum atomic E-state index is 14.1. The van der Waals surface area contributed by atoms with E-state index in [0.29, 0.717) is 24.0 Å². The Bertz CT molecular complexity index is 1210. The minimum absolute atomic E-state index is 0.0940. The second kappa shape index (κ2) is 6.28. The highest BCUT2D eigenvalue weighted by Crippen LogP contribution is 2.62. The molecule has 4 nitrogen and oxygen atoms in total. The lowest BCUT2D eigenvalue weighted by atomic mass is 10.1. The van der Waals surface area contributed by atoms with Crippen molar-refractivity contribution in [3.63, 3.8) is 0 Å². The molecule has 0 amide bonds. The second-order valence-electron chi connectivity index (χ2n) is 7.91. The molecule has 0 aliphatic carbocycles. The van der Waals surface area contributed by atoms with Crippen LogP contribution in [0.25, 0.3) is 10.8 Å². The van der Waals surface area contributed by atoms with Crippen LogP contribution < -0.4 is 5.30 Å². The van der Waals surface area contributed by atoms with E-state index in [-0.39, 0.29) is 11.7 Å². The summed E-state index contributed by atoms with van der Waals surface area (Å²) in [5.41, 5.74) is 0.936. The standard InChI is InChI=1S/C22H22NO3PS/c1-16-9-11-20(12-10-16)28(25,26)23-14-19-13-18(23)15-27(19,24)22-8-4-6-17-5-2-3-7-21(17)22/h2-12,18-19H,13-15H2,1H3/t18-,19-,27+/m0/s1. The number of benzene rings is 3. The average Bonchev–Trinajstić information content (AvgIpc) is 3.26. The molecule has 0 spiro atoms. The van der Waals surface area contributed by atoms with Crippen molar-refractivity contribution < 1.29 is 13.0 Å². The van der Waals surface area contributed by atoms with Crippen LogP contribution in [0.2, 0.25) is 0 Å². The molecule has 0 aromatic heterocycles. The molecule has 0 radical (unpaired) electrons. The topological polar surface area (TPSA) is 54.5 Å². The van der Waals surface area contributed by atoms with E-state index in [4.69, 9.17) is 0 Å². The Kier molecular flexibility index (Phi) is 4.06. The van der Waals surface area contributed by atoms with E-state index in [1.165, 1.54) is 0 Å². The maximum Gasteiger partial charge on any atom is 0.243 e. The van der Waals surface area contributed by atoms with Gasteiger partial charge in [-0.2, -0.15) is 4.31 Å². The molecular weight excluding hydrogens is 389 g/mol. The van der Waals surface area contributed by atoms with Crippen LogP contribution in [0.1, 0.15) is 12.0 Å². The van der Waals surface area contributed by atoms with Crippen molar-refractivity contribution in [3.05, 3.63) is 72.3 Å². The number of fused-ring (bicyclic) bond motifs is 3. The highest BCUT2D eigenvalue weighted by atomic mass is 32.2. The van der Waals surface area contributed by atoms with Gasteiger partial charge in [-0.1, -0.05) is 60.2 Å². The quantitative estimate of drug-likeness (QED) is 0.613. The van der Waals surface area contributed by atoms with Gasteiger partial charge in [-0.25, -0.2) is 8.42 Å². The number of hydrogen-bond acceptors (Lipinski definition) is 3. The molecule has 6 heteroatoms. The lowest BCUT2D eigenvalue weighted by molar-refractivity contribution is 0.403. The lowest BCUT2D eigenvalue weighted by Crippen LogP contribution is -2.41. The van der Waals surface area contributed by atoms with Gasteiger partial charge in [0.05, 0.1) is 4.90 Å². The van der Waals surface area contributed by atoms with Crippen LogP contribution in [-0.2, 0) is 14.6 Å². The SMILES string of the molecule is Cc1ccc(S(=O)(=O)N2C[C@@H]3C[C@H]2C[P@]3(=O)c2cccc3ccccc23)cc1. The second-order valence-corrected chi connectivity index (χ2v) is 13.0. The van der Waals surface area contributed by atoms with E-state index in [2.05, 4.69) is 0 Å². The maximum absolute atomic E-state index is 14.1. The first-order chi connectivity index (χ1) is 13.4. The third kappa shape index (κ3) is 2.61. The summed E-state index contributed by atoms with van der Waals surface area (Å²) < 4.78 is 41.9.